The van der Waals surface area contributed by atoms with Crippen LogP contribution in [0.15, 0.2) is 30.6 Å². The van der Waals surface area contributed by atoms with Crippen LogP contribution in [-0.2, 0) is 11.3 Å². The highest BCUT2D eigenvalue weighted by Gasteiger charge is 2.48. The van der Waals surface area contributed by atoms with Gasteiger partial charge in [-0.3, -0.25) is 9.88 Å². The molecule has 2 aromatic heterocycles. The number of hydrogen-bond donors (Lipinski definition) is 1. The summed E-state index contributed by atoms with van der Waals surface area (Å²) in [4.78, 5) is 7.09. The van der Waals surface area contributed by atoms with Gasteiger partial charge in [-0.1, -0.05) is 0 Å². The first-order valence-electron chi connectivity index (χ1n) is 9.66. The van der Waals surface area contributed by atoms with Crippen molar-refractivity contribution in [2.75, 3.05) is 19.8 Å². The summed E-state index contributed by atoms with van der Waals surface area (Å²) >= 11 is 0. The monoisotopic (exact) mass is 341 g/mol. The quantitative estimate of drug-likeness (QED) is 0.928. The molecule has 5 nitrogen and oxygen atoms in total. The van der Waals surface area contributed by atoms with Gasteiger partial charge in [0.1, 0.15) is 0 Å². The van der Waals surface area contributed by atoms with E-state index in [0.717, 1.165) is 43.6 Å². The van der Waals surface area contributed by atoms with Crippen molar-refractivity contribution in [1.29, 1.82) is 0 Å². The van der Waals surface area contributed by atoms with Gasteiger partial charge < -0.3 is 14.4 Å². The third-order valence-corrected chi connectivity index (χ3v) is 6.50. The van der Waals surface area contributed by atoms with Crippen molar-refractivity contribution in [3.05, 3.63) is 30.6 Å². The number of nitrogens with zero attached hydrogens (tertiary/aromatic N) is 3. The zero-order chi connectivity index (χ0) is 16.9. The van der Waals surface area contributed by atoms with Crippen molar-refractivity contribution in [3.63, 3.8) is 0 Å². The largest absolute Gasteiger partial charge is 0.388 e. The van der Waals surface area contributed by atoms with Gasteiger partial charge in [0.2, 0.25) is 0 Å². The van der Waals surface area contributed by atoms with Gasteiger partial charge in [0.25, 0.3) is 0 Å². The van der Waals surface area contributed by atoms with E-state index in [0.29, 0.717) is 24.5 Å². The van der Waals surface area contributed by atoms with Crippen LogP contribution in [0.5, 0.6) is 0 Å². The maximum Gasteiger partial charge on any atom is 0.0880 e. The van der Waals surface area contributed by atoms with Crippen LogP contribution in [-0.4, -0.2) is 57.0 Å². The van der Waals surface area contributed by atoms with E-state index in [2.05, 4.69) is 26.7 Å². The molecule has 1 N–H and O–H groups in total. The predicted molar refractivity (Wildman–Crippen MR) is 96.4 cm³/mol. The van der Waals surface area contributed by atoms with E-state index in [9.17, 15) is 5.11 Å². The maximum atomic E-state index is 11.4. The summed E-state index contributed by atoms with van der Waals surface area (Å²) in [6.45, 7) is 3.67. The zero-order valence-electron chi connectivity index (χ0n) is 14.7. The highest BCUT2D eigenvalue weighted by Crippen LogP contribution is 2.42. The molecule has 3 fully saturated rings. The molecule has 3 aliphatic rings. The highest BCUT2D eigenvalue weighted by molar-refractivity contribution is 5.75. The van der Waals surface area contributed by atoms with Gasteiger partial charge in [-0.25, -0.2) is 0 Å². The van der Waals surface area contributed by atoms with Crippen molar-refractivity contribution in [2.45, 2.75) is 56.3 Å². The van der Waals surface area contributed by atoms with E-state index in [1.807, 2.05) is 18.3 Å². The Bertz CT molecular complexity index is 738. The lowest BCUT2D eigenvalue weighted by Crippen LogP contribution is -2.53. The average molecular weight is 341 g/mol. The molecule has 0 aromatic carbocycles. The molecule has 5 rings (SSSR count). The summed E-state index contributed by atoms with van der Waals surface area (Å²) in [5.41, 5.74) is 1.53. The van der Waals surface area contributed by atoms with Crippen LogP contribution in [0.1, 0.15) is 32.1 Å². The van der Waals surface area contributed by atoms with E-state index in [1.165, 1.54) is 19.3 Å². The van der Waals surface area contributed by atoms with Gasteiger partial charge in [0.05, 0.1) is 29.8 Å². The molecule has 3 atom stereocenters. The van der Waals surface area contributed by atoms with E-state index in [-0.39, 0.29) is 0 Å². The maximum absolute atomic E-state index is 11.4. The van der Waals surface area contributed by atoms with E-state index >= 15 is 0 Å². The zero-order valence-corrected chi connectivity index (χ0v) is 14.7. The van der Waals surface area contributed by atoms with Crippen LogP contribution in [0.25, 0.3) is 11.0 Å². The van der Waals surface area contributed by atoms with E-state index < -0.39 is 5.60 Å². The van der Waals surface area contributed by atoms with Gasteiger partial charge in [-0.15, -0.1) is 0 Å². The molecule has 0 radical (unpaired) electrons. The van der Waals surface area contributed by atoms with Gasteiger partial charge in [-0.2, -0.15) is 0 Å². The van der Waals surface area contributed by atoms with Crippen molar-refractivity contribution in [3.8, 4) is 0 Å². The number of piperidine rings is 1. The molecule has 0 unspecified atom stereocenters. The molecule has 25 heavy (non-hydrogen) atoms. The lowest BCUT2D eigenvalue weighted by atomic mass is 9.85. The van der Waals surface area contributed by atoms with Crippen LogP contribution in [0.2, 0.25) is 0 Å². The summed E-state index contributed by atoms with van der Waals surface area (Å²) in [5.74, 6) is 0.689. The summed E-state index contributed by atoms with van der Waals surface area (Å²) in [5, 5.41) is 11.4. The summed E-state index contributed by atoms with van der Waals surface area (Å²) in [7, 11) is 0. The second kappa shape index (κ2) is 6.08. The molecule has 2 aromatic rings. The first-order valence-corrected chi connectivity index (χ1v) is 9.66. The molecule has 5 heterocycles. The molecule has 3 saturated heterocycles. The fourth-order valence-corrected chi connectivity index (χ4v) is 5.34. The number of aromatic nitrogens is 2. The molecule has 2 bridgehead atoms. The van der Waals surface area contributed by atoms with Crippen LogP contribution in [0, 0.1) is 5.92 Å². The standard InChI is InChI=1S/C20H27N3O2/c24-20(14-22-8-5-18-19(22)2-1-7-21-18)10-16-3-4-17(11-20)23(16)12-15-6-9-25-13-15/h1-2,5,7-8,15-17,24H,3-4,6,9-14H2/t15-,16+,17+/m0/s1. The number of hydrogen-bond acceptors (Lipinski definition) is 4. The molecule has 134 valence electrons. The predicted octanol–water partition coefficient (Wildman–Crippen LogP) is 2.43. The molecular weight excluding hydrogens is 314 g/mol. The van der Waals surface area contributed by atoms with Crippen LogP contribution >= 0.6 is 0 Å². The second-order valence-electron chi connectivity index (χ2n) is 8.30. The van der Waals surface area contributed by atoms with E-state index in [4.69, 9.17) is 4.74 Å². The highest BCUT2D eigenvalue weighted by atomic mass is 16.5. The van der Waals surface area contributed by atoms with Crippen molar-refractivity contribution in [1.82, 2.24) is 14.5 Å². The van der Waals surface area contributed by atoms with Gasteiger partial charge >= 0.3 is 0 Å². The Hall–Kier alpha value is -1.43. The molecule has 0 spiro atoms. The summed E-state index contributed by atoms with van der Waals surface area (Å²) in [6.07, 6.45) is 9.33. The Balaban J connectivity index is 1.32. The lowest BCUT2D eigenvalue weighted by Gasteiger charge is -2.44. The third kappa shape index (κ3) is 2.88. The van der Waals surface area contributed by atoms with Gasteiger partial charge in [0.15, 0.2) is 0 Å². The first kappa shape index (κ1) is 15.8. The number of pyridine rings is 1. The van der Waals surface area contributed by atoms with E-state index in [1.54, 1.807) is 0 Å². The molecule has 0 saturated carbocycles. The number of ether oxygens (including phenoxy) is 1. The Morgan fingerprint density at radius 3 is 2.80 bits per heavy atom. The molecule has 3 aliphatic heterocycles. The SMILES string of the molecule is OC1(Cn2ccc3ncccc32)C[C@H]2CC[C@H](C1)N2C[C@@H]1CCOC1. The topological polar surface area (TPSA) is 50.5 Å². The summed E-state index contributed by atoms with van der Waals surface area (Å²) in [6, 6.07) is 7.17. The number of fused-ring (bicyclic) bond motifs is 3. The third-order valence-electron chi connectivity index (χ3n) is 6.50. The molecular formula is C20H27N3O2. The van der Waals surface area contributed by atoms with Crippen LogP contribution in [0.3, 0.4) is 0 Å². The molecule has 0 amide bonds. The molecule has 0 aliphatic carbocycles. The fraction of sp³-hybridized carbons (Fsp3) is 0.650. The normalized spacial score (nSPS) is 35.6. The number of aliphatic hydroxyl groups is 1. The van der Waals surface area contributed by atoms with Gasteiger partial charge in [0, 0.05) is 37.6 Å². The second-order valence-corrected chi connectivity index (χ2v) is 8.30. The smallest absolute Gasteiger partial charge is 0.0880 e. The minimum atomic E-state index is -0.601. The van der Waals surface area contributed by atoms with Crippen LogP contribution < -0.4 is 0 Å². The number of rotatable bonds is 4. The van der Waals surface area contributed by atoms with Crippen LogP contribution in [0.4, 0.5) is 0 Å². The Morgan fingerprint density at radius 2 is 2.04 bits per heavy atom. The Labute approximate surface area is 148 Å². The van der Waals surface area contributed by atoms with Gasteiger partial charge in [-0.05, 0) is 56.2 Å². The molecule has 5 heteroatoms. The van der Waals surface area contributed by atoms with Crippen molar-refractivity contribution < 1.29 is 9.84 Å². The lowest BCUT2D eigenvalue weighted by molar-refractivity contribution is -0.0654. The minimum Gasteiger partial charge on any atom is -0.388 e. The fourth-order valence-electron chi connectivity index (χ4n) is 5.34. The average Bonchev–Trinajstić information content (AvgIpc) is 3.30. The van der Waals surface area contributed by atoms with Crippen molar-refractivity contribution in [2.24, 2.45) is 5.92 Å². The Kier molecular flexibility index (Phi) is 3.84. The van der Waals surface area contributed by atoms with Crippen molar-refractivity contribution >= 4 is 11.0 Å². The first-order chi connectivity index (χ1) is 12.2. The summed E-state index contributed by atoms with van der Waals surface area (Å²) < 4.78 is 7.74. The Morgan fingerprint density at radius 1 is 1.20 bits per heavy atom. The minimum absolute atomic E-state index is 0.532.